The lowest BCUT2D eigenvalue weighted by molar-refractivity contribution is 0.0662. The predicted molar refractivity (Wildman–Crippen MR) is 59.8 cm³/mol. The molecule has 0 bridgehead atoms. The highest BCUT2D eigenvalue weighted by molar-refractivity contribution is 9.10. The van der Waals surface area contributed by atoms with Gasteiger partial charge in [0.15, 0.2) is 4.67 Å². The Morgan fingerprint density at radius 3 is 2.60 bits per heavy atom. The van der Waals surface area contributed by atoms with Crippen LogP contribution in [-0.2, 0) is 0 Å². The molecule has 0 spiro atoms. The van der Waals surface area contributed by atoms with Gasteiger partial charge in [0, 0.05) is 26.2 Å². The maximum atomic E-state index is 12.0. The molecule has 15 heavy (non-hydrogen) atoms. The number of carbonyl (C=O) groups excluding carboxylic acids is 1. The van der Waals surface area contributed by atoms with Crippen LogP contribution in [0.4, 0.5) is 0 Å². The summed E-state index contributed by atoms with van der Waals surface area (Å²) in [5.74, 6) is 0.0451. The van der Waals surface area contributed by atoms with Crippen molar-refractivity contribution in [2.45, 2.75) is 0 Å². The molecule has 2 rings (SSSR count). The van der Waals surface area contributed by atoms with Crippen LogP contribution in [-0.4, -0.2) is 48.9 Å². The summed E-state index contributed by atoms with van der Waals surface area (Å²) in [5, 5.41) is 0. The topological polar surface area (TPSA) is 36.7 Å². The maximum absolute atomic E-state index is 12.0. The number of likely N-dealkylation sites (N-methyl/N-ethyl adjacent to an activating group) is 1. The van der Waals surface area contributed by atoms with Crippen molar-refractivity contribution in [3.05, 3.63) is 22.6 Å². The molecule has 0 unspecified atom stereocenters. The molecular weight excluding hydrogens is 260 g/mol. The lowest BCUT2D eigenvalue weighted by Gasteiger charge is -2.32. The highest BCUT2D eigenvalue weighted by atomic mass is 79.9. The Kier molecular flexibility index (Phi) is 3.11. The average molecular weight is 273 g/mol. The summed E-state index contributed by atoms with van der Waals surface area (Å²) in [6.07, 6.45) is 1.52. The minimum Gasteiger partial charge on any atom is -0.457 e. The highest BCUT2D eigenvalue weighted by Gasteiger charge is 2.22. The zero-order valence-electron chi connectivity index (χ0n) is 8.57. The molecule has 0 radical (unpaired) electrons. The predicted octanol–water partition coefficient (Wildman–Crippen LogP) is 1.43. The third kappa shape index (κ3) is 2.23. The number of hydrogen-bond donors (Lipinski definition) is 0. The largest absolute Gasteiger partial charge is 0.457 e. The Bertz CT molecular complexity index is 356. The van der Waals surface area contributed by atoms with E-state index < -0.39 is 0 Å². The second-order valence-electron chi connectivity index (χ2n) is 3.70. The summed E-state index contributed by atoms with van der Waals surface area (Å²) >= 11 is 3.22. The lowest BCUT2D eigenvalue weighted by atomic mass is 10.2. The van der Waals surface area contributed by atoms with E-state index in [2.05, 4.69) is 27.9 Å². The van der Waals surface area contributed by atoms with Crippen molar-refractivity contribution in [3.63, 3.8) is 0 Å². The van der Waals surface area contributed by atoms with E-state index in [9.17, 15) is 4.79 Å². The molecular formula is C10H13BrN2O2. The molecule has 0 N–H and O–H groups in total. The fourth-order valence-electron chi connectivity index (χ4n) is 1.63. The van der Waals surface area contributed by atoms with Gasteiger partial charge in [-0.05, 0) is 29.0 Å². The Hall–Kier alpha value is -0.810. The number of furan rings is 1. The van der Waals surface area contributed by atoms with Gasteiger partial charge in [-0.15, -0.1) is 0 Å². The van der Waals surface area contributed by atoms with Gasteiger partial charge < -0.3 is 14.2 Å². The Balaban J connectivity index is 2.06. The van der Waals surface area contributed by atoms with Crippen molar-refractivity contribution in [1.82, 2.24) is 9.80 Å². The summed E-state index contributed by atoms with van der Waals surface area (Å²) in [4.78, 5) is 16.1. The van der Waals surface area contributed by atoms with Gasteiger partial charge in [-0.2, -0.15) is 0 Å². The fourth-order valence-corrected chi connectivity index (χ4v) is 2.04. The SMILES string of the molecule is CN1CCN(C(=O)c2ccoc2Br)CC1. The number of rotatable bonds is 1. The van der Waals surface area contributed by atoms with Crippen molar-refractivity contribution >= 4 is 21.8 Å². The van der Waals surface area contributed by atoms with Gasteiger partial charge in [0.05, 0.1) is 11.8 Å². The molecule has 0 aliphatic carbocycles. The van der Waals surface area contributed by atoms with E-state index in [-0.39, 0.29) is 5.91 Å². The smallest absolute Gasteiger partial charge is 0.258 e. The lowest BCUT2D eigenvalue weighted by Crippen LogP contribution is -2.47. The van der Waals surface area contributed by atoms with E-state index in [4.69, 9.17) is 4.42 Å². The van der Waals surface area contributed by atoms with E-state index in [0.29, 0.717) is 10.2 Å². The summed E-state index contributed by atoms with van der Waals surface area (Å²) in [6.45, 7) is 3.43. The molecule has 1 amide bonds. The Morgan fingerprint density at radius 2 is 2.07 bits per heavy atom. The molecule has 5 heteroatoms. The summed E-state index contributed by atoms with van der Waals surface area (Å²) in [6, 6.07) is 1.70. The first-order chi connectivity index (χ1) is 7.18. The normalized spacial score (nSPS) is 18.1. The monoisotopic (exact) mass is 272 g/mol. The van der Waals surface area contributed by atoms with Crippen LogP contribution in [0.2, 0.25) is 0 Å². The quantitative estimate of drug-likeness (QED) is 0.776. The van der Waals surface area contributed by atoms with E-state index in [1.807, 2.05) is 4.90 Å². The second-order valence-corrected chi connectivity index (χ2v) is 4.42. The van der Waals surface area contributed by atoms with Crippen LogP contribution in [0.15, 0.2) is 21.4 Å². The first kappa shape index (κ1) is 10.7. The first-order valence-corrected chi connectivity index (χ1v) is 5.68. The maximum Gasteiger partial charge on any atom is 0.258 e. The second kappa shape index (κ2) is 4.37. The summed E-state index contributed by atoms with van der Waals surface area (Å²) < 4.78 is 5.58. The van der Waals surface area contributed by atoms with Crippen molar-refractivity contribution in [2.75, 3.05) is 33.2 Å². The minimum absolute atomic E-state index is 0.0451. The summed E-state index contributed by atoms with van der Waals surface area (Å²) in [5.41, 5.74) is 0.611. The van der Waals surface area contributed by atoms with Crippen LogP contribution in [0.5, 0.6) is 0 Å². The van der Waals surface area contributed by atoms with Gasteiger partial charge in [0.25, 0.3) is 5.91 Å². The van der Waals surface area contributed by atoms with Crippen molar-refractivity contribution in [1.29, 1.82) is 0 Å². The van der Waals surface area contributed by atoms with Gasteiger partial charge in [0.1, 0.15) is 0 Å². The van der Waals surface area contributed by atoms with E-state index in [1.54, 1.807) is 6.07 Å². The number of carbonyl (C=O) groups is 1. The van der Waals surface area contributed by atoms with Crippen LogP contribution in [0, 0.1) is 0 Å². The standard InChI is InChI=1S/C10H13BrN2O2/c1-12-3-5-13(6-4-12)10(14)8-2-7-15-9(8)11/h2,7H,3-6H2,1H3. The van der Waals surface area contributed by atoms with Crippen LogP contribution < -0.4 is 0 Å². The van der Waals surface area contributed by atoms with Crippen molar-refractivity contribution < 1.29 is 9.21 Å². The van der Waals surface area contributed by atoms with Crippen molar-refractivity contribution in [2.24, 2.45) is 0 Å². The Morgan fingerprint density at radius 1 is 1.40 bits per heavy atom. The molecule has 1 fully saturated rings. The molecule has 0 atom stereocenters. The third-order valence-corrected chi connectivity index (χ3v) is 3.25. The molecule has 1 aromatic rings. The zero-order chi connectivity index (χ0) is 10.8. The molecule has 2 heterocycles. The summed E-state index contributed by atoms with van der Waals surface area (Å²) in [7, 11) is 2.07. The molecule has 4 nitrogen and oxygen atoms in total. The van der Waals surface area contributed by atoms with Gasteiger partial charge in [-0.25, -0.2) is 0 Å². The number of halogens is 1. The van der Waals surface area contributed by atoms with Crippen molar-refractivity contribution in [3.8, 4) is 0 Å². The molecule has 1 aromatic heterocycles. The molecule has 0 saturated carbocycles. The molecule has 1 aliphatic rings. The molecule has 82 valence electrons. The van der Waals surface area contributed by atoms with Gasteiger partial charge in [-0.1, -0.05) is 0 Å². The van der Waals surface area contributed by atoms with Gasteiger partial charge in [0.2, 0.25) is 0 Å². The number of hydrogen-bond acceptors (Lipinski definition) is 3. The number of piperazine rings is 1. The van der Waals surface area contributed by atoms with Crippen LogP contribution >= 0.6 is 15.9 Å². The van der Waals surface area contributed by atoms with Crippen LogP contribution in [0.1, 0.15) is 10.4 Å². The molecule has 1 saturated heterocycles. The number of amides is 1. The third-order valence-electron chi connectivity index (χ3n) is 2.64. The molecule has 1 aliphatic heterocycles. The van der Waals surface area contributed by atoms with Gasteiger partial charge >= 0.3 is 0 Å². The molecule has 0 aromatic carbocycles. The first-order valence-electron chi connectivity index (χ1n) is 4.89. The minimum atomic E-state index is 0.0451. The number of nitrogens with zero attached hydrogens (tertiary/aromatic N) is 2. The average Bonchev–Trinajstić information content (AvgIpc) is 2.65. The van der Waals surface area contributed by atoms with Crippen LogP contribution in [0.25, 0.3) is 0 Å². The Labute approximate surface area is 97.0 Å². The zero-order valence-corrected chi connectivity index (χ0v) is 10.2. The van der Waals surface area contributed by atoms with E-state index in [0.717, 1.165) is 26.2 Å². The van der Waals surface area contributed by atoms with E-state index in [1.165, 1.54) is 6.26 Å². The van der Waals surface area contributed by atoms with E-state index >= 15 is 0 Å². The van der Waals surface area contributed by atoms with Gasteiger partial charge in [-0.3, -0.25) is 4.79 Å². The fraction of sp³-hybridized carbons (Fsp3) is 0.500. The highest BCUT2D eigenvalue weighted by Crippen LogP contribution is 2.19. The van der Waals surface area contributed by atoms with Crippen LogP contribution in [0.3, 0.4) is 0 Å².